The SMILES string of the molecule is CNC(=O)CC1(O)CCCN(C(=O)c2cc(-c3ccccc3)on2)C1. The van der Waals surface area contributed by atoms with Crippen molar-refractivity contribution >= 4 is 11.8 Å². The van der Waals surface area contributed by atoms with Gasteiger partial charge in [-0.3, -0.25) is 9.59 Å². The van der Waals surface area contributed by atoms with Gasteiger partial charge in [-0.1, -0.05) is 35.5 Å². The maximum absolute atomic E-state index is 12.7. The molecule has 7 heteroatoms. The second-order valence-corrected chi connectivity index (χ2v) is 6.35. The molecule has 132 valence electrons. The molecule has 1 aromatic heterocycles. The van der Waals surface area contributed by atoms with E-state index in [1.807, 2.05) is 30.3 Å². The van der Waals surface area contributed by atoms with Crippen molar-refractivity contribution in [2.75, 3.05) is 20.1 Å². The van der Waals surface area contributed by atoms with Crippen LogP contribution >= 0.6 is 0 Å². The third-order valence-corrected chi connectivity index (χ3v) is 4.40. The largest absolute Gasteiger partial charge is 0.388 e. The van der Waals surface area contributed by atoms with E-state index in [2.05, 4.69) is 10.5 Å². The number of carbonyl (C=O) groups excluding carboxylic acids is 2. The summed E-state index contributed by atoms with van der Waals surface area (Å²) in [6.07, 6.45) is 1.09. The molecule has 2 amide bonds. The van der Waals surface area contributed by atoms with E-state index in [9.17, 15) is 14.7 Å². The van der Waals surface area contributed by atoms with Crippen LogP contribution in [-0.2, 0) is 4.79 Å². The summed E-state index contributed by atoms with van der Waals surface area (Å²) in [5.41, 5.74) is -0.174. The molecule has 2 N–H and O–H groups in total. The van der Waals surface area contributed by atoms with Gasteiger partial charge in [-0.25, -0.2) is 0 Å². The lowest BCUT2D eigenvalue weighted by atomic mass is 9.89. The fourth-order valence-electron chi connectivity index (χ4n) is 3.09. The topological polar surface area (TPSA) is 95.7 Å². The van der Waals surface area contributed by atoms with E-state index >= 15 is 0 Å². The number of amides is 2. The van der Waals surface area contributed by atoms with Crippen LogP contribution in [0.4, 0.5) is 0 Å². The first kappa shape index (κ1) is 17.2. The molecule has 0 bridgehead atoms. The number of aliphatic hydroxyl groups is 1. The van der Waals surface area contributed by atoms with Gasteiger partial charge in [0.15, 0.2) is 11.5 Å². The van der Waals surface area contributed by atoms with Gasteiger partial charge in [0, 0.05) is 25.2 Å². The Bertz CT molecular complexity index is 759. The standard InChI is InChI=1S/C18H21N3O4/c1-19-16(22)11-18(24)8-5-9-21(12-18)17(23)14-10-15(25-20-14)13-6-3-2-4-7-13/h2-4,6-7,10,24H,5,8-9,11-12H2,1H3,(H,19,22). The molecule has 0 aliphatic carbocycles. The van der Waals surface area contributed by atoms with Crippen LogP contribution in [0.5, 0.6) is 0 Å². The zero-order valence-electron chi connectivity index (χ0n) is 14.1. The molecule has 2 heterocycles. The molecular formula is C18H21N3O4. The van der Waals surface area contributed by atoms with Gasteiger partial charge >= 0.3 is 0 Å². The molecule has 7 nitrogen and oxygen atoms in total. The molecule has 1 aliphatic heterocycles. The van der Waals surface area contributed by atoms with E-state index < -0.39 is 5.60 Å². The summed E-state index contributed by atoms with van der Waals surface area (Å²) in [4.78, 5) is 25.8. The first-order valence-electron chi connectivity index (χ1n) is 8.25. The van der Waals surface area contributed by atoms with E-state index in [4.69, 9.17) is 4.52 Å². The van der Waals surface area contributed by atoms with Crippen molar-refractivity contribution in [3.63, 3.8) is 0 Å². The van der Waals surface area contributed by atoms with E-state index in [1.54, 1.807) is 6.07 Å². The zero-order chi connectivity index (χ0) is 17.9. The zero-order valence-corrected chi connectivity index (χ0v) is 14.1. The molecule has 1 fully saturated rings. The Morgan fingerprint density at radius 1 is 1.36 bits per heavy atom. The summed E-state index contributed by atoms with van der Waals surface area (Å²) in [7, 11) is 1.53. The summed E-state index contributed by atoms with van der Waals surface area (Å²) >= 11 is 0. The monoisotopic (exact) mass is 343 g/mol. The van der Waals surface area contributed by atoms with Crippen LogP contribution in [0.2, 0.25) is 0 Å². The van der Waals surface area contributed by atoms with Crippen molar-refractivity contribution in [2.24, 2.45) is 0 Å². The van der Waals surface area contributed by atoms with E-state index in [0.29, 0.717) is 25.1 Å². The molecule has 0 radical (unpaired) electrons. The third-order valence-electron chi connectivity index (χ3n) is 4.40. The van der Waals surface area contributed by atoms with Gasteiger partial charge in [-0.05, 0) is 12.8 Å². The Labute approximate surface area is 145 Å². The molecule has 1 unspecified atom stereocenters. The minimum atomic E-state index is -1.21. The van der Waals surface area contributed by atoms with Gasteiger partial charge < -0.3 is 19.8 Å². The lowest BCUT2D eigenvalue weighted by Gasteiger charge is -2.38. The number of β-amino-alcohol motifs (C(OH)–C–C–N with tert-alkyl or cyclic N) is 1. The number of nitrogens with one attached hydrogen (secondary N) is 1. The Morgan fingerprint density at radius 2 is 2.12 bits per heavy atom. The number of rotatable bonds is 4. The quantitative estimate of drug-likeness (QED) is 0.876. The van der Waals surface area contributed by atoms with Crippen LogP contribution in [0.1, 0.15) is 29.8 Å². The van der Waals surface area contributed by atoms with Gasteiger partial charge in [-0.15, -0.1) is 0 Å². The van der Waals surface area contributed by atoms with Crippen LogP contribution < -0.4 is 5.32 Å². The van der Waals surface area contributed by atoms with Crippen molar-refractivity contribution in [2.45, 2.75) is 24.9 Å². The highest BCUT2D eigenvalue weighted by Crippen LogP contribution is 2.26. The fraction of sp³-hybridized carbons (Fsp3) is 0.389. The molecule has 1 saturated heterocycles. The molecule has 0 saturated carbocycles. The summed E-state index contributed by atoms with van der Waals surface area (Å²) in [5.74, 6) is -0.0351. The summed E-state index contributed by atoms with van der Waals surface area (Å²) in [5, 5.41) is 17.0. The summed E-state index contributed by atoms with van der Waals surface area (Å²) in [6, 6.07) is 11.0. The number of hydrogen-bond donors (Lipinski definition) is 2. The molecule has 1 aliphatic rings. The molecule has 3 rings (SSSR count). The molecule has 2 aromatic rings. The maximum Gasteiger partial charge on any atom is 0.276 e. The Balaban J connectivity index is 1.72. The number of carbonyl (C=O) groups is 2. The molecule has 1 atom stereocenters. The first-order chi connectivity index (χ1) is 12.0. The Morgan fingerprint density at radius 3 is 2.84 bits per heavy atom. The first-order valence-corrected chi connectivity index (χ1v) is 8.25. The highest BCUT2D eigenvalue weighted by atomic mass is 16.5. The van der Waals surface area contributed by atoms with Crippen molar-refractivity contribution in [3.8, 4) is 11.3 Å². The Kier molecular flexibility index (Phi) is 4.85. The average molecular weight is 343 g/mol. The van der Waals surface area contributed by atoms with Gasteiger partial charge in [0.25, 0.3) is 5.91 Å². The molecule has 0 spiro atoms. The van der Waals surface area contributed by atoms with Crippen molar-refractivity contribution < 1.29 is 19.2 Å². The average Bonchev–Trinajstić information content (AvgIpc) is 3.11. The maximum atomic E-state index is 12.7. The lowest BCUT2D eigenvalue weighted by Crippen LogP contribution is -2.52. The Hall–Kier alpha value is -2.67. The minimum Gasteiger partial charge on any atom is -0.388 e. The van der Waals surface area contributed by atoms with Gasteiger partial charge in [0.05, 0.1) is 18.6 Å². The normalized spacial score (nSPS) is 20.3. The lowest BCUT2D eigenvalue weighted by molar-refractivity contribution is -0.127. The second kappa shape index (κ2) is 7.06. The smallest absolute Gasteiger partial charge is 0.276 e. The highest BCUT2D eigenvalue weighted by molar-refractivity contribution is 5.93. The number of nitrogens with zero attached hydrogens (tertiary/aromatic N) is 2. The second-order valence-electron chi connectivity index (χ2n) is 6.35. The summed E-state index contributed by atoms with van der Waals surface area (Å²) in [6.45, 7) is 0.620. The molecule has 25 heavy (non-hydrogen) atoms. The number of benzene rings is 1. The van der Waals surface area contributed by atoms with Crippen molar-refractivity contribution in [3.05, 3.63) is 42.1 Å². The fourth-order valence-corrected chi connectivity index (χ4v) is 3.09. The summed E-state index contributed by atoms with van der Waals surface area (Å²) < 4.78 is 5.27. The molecular weight excluding hydrogens is 322 g/mol. The van der Waals surface area contributed by atoms with Gasteiger partial charge in [0.1, 0.15) is 0 Å². The number of likely N-dealkylation sites (tertiary alicyclic amines) is 1. The van der Waals surface area contributed by atoms with E-state index in [-0.39, 0.29) is 30.5 Å². The number of piperidine rings is 1. The van der Waals surface area contributed by atoms with Gasteiger partial charge in [-0.2, -0.15) is 0 Å². The van der Waals surface area contributed by atoms with Crippen molar-refractivity contribution in [1.82, 2.24) is 15.4 Å². The van der Waals surface area contributed by atoms with Crippen LogP contribution in [0.25, 0.3) is 11.3 Å². The molecule has 1 aromatic carbocycles. The van der Waals surface area contributed by atoms with Gasteiger partial charge in [0.2, 0.25) is 5.91 Å². The van der Waals surface area contributed by atoms with Crippen LogP contribution in [0.15, 0.2) is 40.9 Å². The van der Waals surface area contributed by atoms with Crippen LogP contribution in [0, 0.1) is 0 Å². The minimum absolute atomic E-state index is 0.0264. The predicted molar refractivity (Wildman–Crippen MR) is 90.7 cm³/mol. The number of aromatic nitrogens is 1. The highest BCUT2D eigenvalue weighted by Gasteiger charge is 2.37. The van der Waals surface area contributed by atoms with E-state index in [0.717, 1.165) is 5.56 Å². The van der Waals surface area contributed by atoms with E-state index in [1.165, 1.54) is 11.9 Å². The van der Waals surface area contributed by atoms with Crippen LogP contribution in [0.3, 0.4) is 0 Å². The predicted octanol–water partition coefficient (Wildman–Crippen LogP) is 1.44. The van der Waals surface area contributed by atoms with Crippen LogP contribution in [-0.4, -0.2) is 52.7 Å². The van der Waals surface area contributed by atoms with Crippen molar-refractivity contribution in [1.29, 1.82) is 0 Å². The third kappa shape index (κ3) is 3.88. The number of hydrogen-bond acceptors (Lipinski definition) is 5.